The fourth-order valence-electron chi connectivity index (χ4n) is 4.01. The number of nitrogens with zero attached hydrogens (tertiary/aromatic N) is 3. The second-order valence-corrected chi connectivity index (χ2v) is 7.23. The number of piperidine rings is 1. The summed E-state index contributed by atoms with van der Waals surface area (Å²) in [4.78, 5) is 36.5. The highest BCUT2D eigenvalue weighted by molar-refractivity contribution is 6.66. The van der Waals surface area contributed by atoms with Crippen LogP contribution < -0.4 is 0 Å². The van der Waals surface area contributed by atoms with E-state index < -0.39 is 0 Å². The molecule has 2 amide bonds. The van der Waals surface area contributed by atoms with Gasteiger partial charge in [-0.1, -0.05) is 41.8 Å². The number of benzene rings is 1. The van der Waals surface area contributed by atoms with Gasteiger partial charge in [0.15, 0.2) is 7.28 Å². The number of hydrogen-bond acceptors (Lipinski definition) is 5. The van der Waals surface area contributed by atoms with Gasteiger partial charge in [-0.2, -0.15) is 5.06 Å². The Hall–Kier alpha value is -2.35. The molecule has 0 spiro atoms. The van der Waals surface area contributed by atoms with E-state index in [1.807, 2.05) is 35.2 Å². The third-order valence-electron chi connectivity index (χ3n) is 5.43. The molecule has 0 N–H and O–H groups in total. The third-order valence-corrected chi connectivity index (χ3v) is 5.43. The first-order valence-corrected chi connectivity index (χ1v) is 9.52. The number of carbonyl (C=O) groups excluding carboxylic acids is 2. The molecule has 0 aliphatic carbocycles. The van der Waals surface area contributed by atoms with Crippen LogP contribution in [0.4, 0.5) is 4.79 Å². The maximum absolute atomic E-state index is 12.9. The lowest BCUT2D eigenvalue weighted by Gasteiger charge is -2.29. The molecule has 1 aromatic carbocycles. The second kappa shape index (κ2) is 8.13. The number of oxime groups is 1. The summed E-state index contributed by atoms with van der Waals surface area (Å²) in [7, 11) is 1.60. The van der Waals surface area contributed by atoms with Gasteiger partial charge in [0.1, 0.15) is 12.7 Å². The highest BCUT2D eigenvalue weighted by Crippen LogP contribution is 2.33. The van der Waals surface area contributed by atoms with E-state index in [1.165, 1.54) is 0 Å². The van der Waals surface area contributed by atoms with Gasteiger partial charge in [0, 0.05) is 13.0 Å². The van der Waals surface area contributed by atoms with Crippen LogP contribution in [-0.2, 0) is 21.1 Å². The zero-order chi connectivity index (χ0) is 18.6. The van der Waals surface area contributed by atoms with Crippen molar-refractivity contribution in [1.29, 1.82) is 0 Å². The number of hydroxylamine groups is 2. The van der Waals surface area contributed by atoms with Gasteiger partial charge in [0.05, 0.1) is 24.0 Å². The minimum atomic E-state index is -0.0844. The van der Waals surface area contributed by atoms with Crippen LogP contribution >= 0.6 is 0 Å². The zero-order valence-electron chi connectivity index (χ0n) is 15.2. The summed E-state index contributed by atoms with van der Waals surface area (Å²) in [5.41, 5.74) is 1.98. The van der Waals surface area contributed by atoms with Crippen LogP contribution in [0.2, 0.25) is 6.32 Å². The van der Waals surface area contributed by atoms with Crippen molar-refractivity contribution in [3.8, 4) is 0 Å². The van der Waals surface area contributed by atoms with E-state index in [2.05, 4.69) is 5.16 Å². The molecule has 2 fully saturated rings. The molecular weight excluding hydrogens is 345 g/mol. The first-order chi connectivity index (χ1) is 13.3. The summed E-state index contributed by atoms with van der Waals surface area (Å²) < 4.78 is 0. The SMILES string of the molecule is O=C[B]CC[C@@H]1CC([C@@H]2CC[C@@H]3CN2C(=O)N3OCc2ccccc2)=NO1. The first kappa shape index (κ1) is 18.0. The lowest BCUT2D eigenvalue weighted by molar-refractivity contribution is -0.140. The summed E-state index contributed by atoms with van der Waals surface area (Å²) in [6, 6.07) is 9.86. The fraction of sp³-hybridized carbons (Fsp3) is 0.526. The van der Waals surface area contributed by atoms with Gasteiger partial charge < -0.3 is 14.5 Å². The number of carbonyl (C=O) groups is 2. The third kappa shape index (κ3) is 3.85. The maximum Gasteiger partial charge on any atom is 0.344 e. The fourth-order valence-corrected chi connectivity index (χ4v) is 4.01. The highest BCUT2D eigenvalue weighted by Gasteiger charge is 2.48. The summed E-state index contributed by atoms with van der Waals surface area (Å²) in [5, 5.41) is 5.79. The van der Waals surface area contributed by atoms with Crippen LogP contribution in [0.15, 0.2) is 35.5 Å². The molecule has 8 heteroatoms. The highest BCUT2D eigenvalue weighted by atomic mass is 16.7. The Kier molecular flexibility index (Phi) is 5.43. The molecular formula is C19H23BN3O4. The van der Waals surface area contributed by atoms with E-state index in [9.17, 15) is 9.59 Å². The van der Waals surface area contributed by atoms with Crippen LogP contribution in [0.25, 0.3) is 0 Å². The molecule has 2 bridgehead atoms. The second-order valence-electron chi connectivity index (χ2n) is 7.23. The number of urea groups is 1. The van der Waals surface area contributed by atoms with Crippen molar-refractivity contribution in [2.24, 2.45) is 5.16 Å². The Labute approximate surface area is 159 Å². The summed E-state index contributed by atoms with van der Waals surface area (Å²) in [6.07, 6.45) is 4.74. The van der Waals surface area contributed by atoms with Gasteiger partial charge in [0.2, 0.25) is 0 Å². The molecule has 7 nitrogen and oxygen atoms in total. The molecule has 3 aliphatic heterocycles. The van der Waals surface area contributed by atoms with Gasteiger partial charge in [0.25, 0.3) is 0 Å². The maximum atomic E-state index is 12.9. The number of rotatable bonds is 8. The normalized spacial score (nSPS) is 26.7. The molecule has 3 aliphatic rings. The van der Waals surface area contributed by atoms with Crippen LogP contribution in [0, 0.1) is 0 Å². The lowest BCUT2D eigenvalue weighted by Crippen LogP contribution is -2.44. The average Bonchev–Trinajstić information content (AvgIpc) is 3.26. The largest absolute Gasteiger partial charge is 0.392 e. The van der Waals surface area contributed by atoms with Crippen molar-refractivity contribution in [2.45, 2.75) is 56.8 Å². The van der Waals surface area contributed by atoms with Crippen molar-refractivity contribution in [1.82, 2.24) is 9.96 Å². The van der Waals surface area contributed by atoms with Gasteiger partial charge in [-0.05, 0) is 24.8 Å². The number of amides is 2. The van der Waals surface area contributed by atoms with Crippen molar-refractivity contribution in [3.05, 3.63) is 35.9 Å². The molecule has 3 atom stereocenters. The molecule has 141 valence electrons. The van der Waals surface area contributed by atoms with Crippen LogP contribution in [0.1, 0.15) is 31.2 Å². The van der Waals surface area contributed by atoms with Crippen LogP contribution in [0.3, 0.4) is 0 Å². The minimum Gasteiger partial charge on any atom is -0.392 e. The molecule has 0 saturated carbocycles. The van der Waals surface area contributed by atoms with E-state index in [0.29, 0.717) is 19.5 Å². The predicted molar refractivity (Wildman–Crippen MR) is 101 cm³/mol. The predicted octanol–water partition coefficient (Wildman–Crippen LogP) is 2.23. The molecule has 3 heterocycles. The minimum absolute atomic E-state index is 0.00272. The van der Waals surface area contributed by atoms with Gasteiger partial charge >= 0.3 is 6.03 Å². The smallest absolute Gasteiger partial charge is 0.344 e. The van der Waals surface area contributed by atoms with Crippen LogP contribution in [0.5, 0.6) is 0 Å². The van der Waals surface area contributed by atoms with Crippen molar-refractivity contribution in [3.63, 3.8) is 0 Å². The van der Waals surface area contributed by atoms with Crippen molar-refractivity contribution < 1.29 is 19.3 Å². The Bertz CT molecular complexity index is 714. The molecule has 0 aromatic heterocycles. The molecule has 1 radical (unpaired) electrons. The Morgan fingerprint density at radius 2 is 2.15 bits per heavy atom. The van der Waals surface area contributed by atoms with Gasteiger partial charge in [-0.15, -0.1) is 0 Å². The Morgan fingerprint density at radius 1 is 1.30 bits per heavy atom. The molecule has 27 heavy (non-hydrogen) atoms. The first-order valence-electron chi connectivity index (χ1n) is 9.52. The zero-order valence-corrected chi connectivity index (χ0v) is 15.2. The summed E-state index contributed by atoms with van der Waals surface area (Å²) in [5.74, 6) is 0. The monoisotopic (exact) mass is 368 g/mol. The van der Waals surface area contributed by atoms with Gasteiger partial charge in [-0.3, -0.25) is 4.84 Å². The standard InChI is InChI=1S/C19H23BN3O4/c24-13-20-9-8-16-10-17(21-27-16)18-7-6-15-11-22(18)19(25)23(15)26-12-14-4-2-1-3-5-14/h1-5,13,15-16,18H,6-12H2/t15-,16-,18+/m1/s1. The quantitative estimate of drug-likeness (QED) is 0.401. The average molecular weight is 368 g/mol. The topological polar surface area (TPSA) is 71.4 Å². The molecule has 4 rings (SSSR count). The Morgan fingerprint density at radius 3 is 2.96 bits per heavy atom. The molecule has 1 aromatic rings. The molecule has 0 unspecified atom stereocenters. The van der Waals surface area contributed by atoms with E-state index in [0.717, 1.165) is 43.1 Å². The van der Waals surface area contributed by atoms with Crippen molar-refractivity contribution in [2.75, 3.05) is 6.54 Å². The van der Waals surface area contributed by atoms with E-state index in [4.69, 9.17) is 9.68 Å². The van der Waals surface area contributed by atoms with Gasteiger partial charge in [-0.25, -0.2) is 4.79 Å². The lowest BCUT2D eigenvalue weighted by atomic mass is 9.74. The number of fused-ring (bicyclic) bond motifs is 2. The van der Waals surface area contributed by atoms with E-state index in [-0.39, 0.29) is 24.2 Å². The summed E-state index contributed by atoms with van der Waals surface area (Å²) >= 11 is 0. The summed E-state index contributed by atoms with van der Waals surface area (Å²) in [6.45, 7) is 1.06. The van der Waals surface area contributed by atoms with Crippen molar-refractivity contribution >= 4 is 25.2 Å². The van der Waals surface area contributed by atoms with E-state index >= 15 is 0 Å². The van der Waals surface area contributed by atoms with E-state index in [1.54, 1.807) is 12.3 Å². The molecule has 2 saturated heterocycles. The number of hydrogen-bond donors (Lipinski definition) is 0. The Balaban J connectivity index is 1.33. The van der Waals surface area contributed by atoms with Crippen LogP contribution in [-0.4, -0.2) is 59.9 Å².